The van der Waals surface area contributed by atoms with Gasteiger partial charge in [-0.2, -0.15) is 0 Å². The molecular formula is C20H27F2NO3. The average molecular weight is 367 g/mol. The quantitative estimate of drug-likeness (QED) is 0.652. The van der Waals surface area contributed by atoms with Crippen LogP contribution in [0.15, 0.2) is 41.0 Å². The Balaban J connectivity index is 1.88. The molecule has 1 aromatic carbocycles. The second-order valence-electron chi connectivity index (χ2n) is 6.90. The first kappa shape index (κ1) is 20.6. The number of aliphatic hydroxyl groups is 1. The first-order chi connectivity index (χ1) is 12.4. The number of furan rings is 1. The zero-order valence-electron chi connectivity index (χ0n) is 15.3. The van der Waals surface area contributed by atoms with Gasteiger partial charge >= 0.3 is 0 Å². The molecule has 0 aliphatic carbocycles. The fraction of sp³-hybridized carbons (Fsp3) is 0.500. The van der Waals surface area contributed by atoms with Crippen LogP contribution < -0.4 is 0 Å². The highest BCUT2D eigenvalue weighted by molar-refractivity contribution is 5.18. The van der Waals surface area contributed by atoms with E-state index in [1.165, 1.54) is 12.1 Å². The van der Waals surface area contributed by atoms with Crippen molar-refractivity contribution in [1.29, 1.82) is 0 Å². The van der Waals surface area contributed by atoms with Gasteiger partial charge < -0.3 is 14.3 Å². The Bertz CT molecular complexity index is 647. The SMILES string of the molecule is CC(C)CCN(Cc1ccc(F)cc1F)CC(O)COCc1ccco1. The molecule has 0 radical (unpaired) electrons. The number of hydrogen-bond acceptors (Lipinski definition) is 4. The van der Waals surface area contributed by atoms with E-state index < -0.39 is 17.7 Å². The van der Waals surface area contributed by atoms with Crippen molar-refractivity contribution in [2.24, 2.45) is 5.92 Å². The molecule has 1 heterocycles. The molecule has 1 atom stereocenters. The van der Waals surface area contributed by atoms with E-state index in [0.29, 0.717) is 43.5 Å². The molecular weight excluding hydrogens is 340 g/mol. The minimum atomic E-state index is -0.708. The predicted molar refractivity (Wildman–Crippen MR) is 95.5 cm³/mol. The van der Waals surface area contributed by atoms with Crippen molar-refractivity contribution >= 4 is 0 Å². The lowest BCUT2D eigenvalue weighted by atomic mass is 10.1. The van der Waals surface area contributed by atoms with Crippen molar-refractivity contribution in [1.82, 2.24) is 4.90 Å². The predicted octanol–water partition coefficient (Wildman–Crippen LogP) is 3.98. The van der Waals surface area contributed by atoms with Crippen LogP contribution in [0.5, 0.6) is 0 Å². The standard InChI is InChI=1S/C20H27F2NO3/c1-15(2)7-8-23(11-16-5-6-17(21)10-20(16)22)12-18(24)13-25-14-19-4-3-9-26-19/h3-6,9-10,15,18,24H,7-8,11-14H2,1-2H3. The van der Waals surface area contributed by atoms with Gasteiger partial charge in [0.2, 0.25) is 0 Å². The Morgan fingerprint density at radius 2 is 2.04 bits per heavy atom. The summed E-state index contributed by atoms with van der Waals surface area (Å²) in [7, 11) is 0. The first-order valence-corrected chi connectivity index (χ1v) is 8.88. The Morgan fingerprint density at radius 3 is 2.69 bits per heavy atom. The lowest BCUT2D eigenvalue weighted by Crippen LogP contribution is -2.36. The molecule has 0 aliphatic rings. The van der Waals surface area contributed by atoms with E-state index in [0.717, 1.165) is 12.5 Å². The molecule has 0 aliphatic heterocycles. The van der Waals surface area contributed by atoms with Crippen LogP contribution in [0.4, 0.5) is 8.78 Å². The number of halogens is 2. The van der Waals surface area contributed by atoms with Gasteiger partial charge in [-0.1, -0.05) is 19.9 Å². The Labute approximate surface area is 153 Å². The maximum absolute atomic E-state index is 13.9. The summed E-state index contributed by atoms with van der Waals surface area (Å²) in [6.07, 6.45) is 1.78. The van der Waals surface area contributed by atoms with Crippen LogP contribution in [0, 0.1) is 17.6 Å². The normalized spacial score (nSPS) is 12.9. The smallest absolute Gasteiger partial charge is 0.130 e. The van der Waals surface area contributed by atoms with Crippen LogP contribution in [-0.2, 0) is 17.9 Å². The van der Waals surface area contributed by atoms with Crippen molar-refractivity contribution in [2.75, 3.05) is 19.7 Å². The fourth-order valence-corrected chi connectivity index (χ4v) is 2.61. The van der Waals surface area contributed by atoms with Gasteiger partial charge in [0.1, 0.15) is 24.0 Å². The highest BCUT2D eigenvalue weighted by atomic mass is 19.1. The molecule has 4 nitrogen and oxygen atoms in total. The van der Waals surface area contributed by atoms with Gasteiger partial charge in [-0.05, 0) is 37.1 Å². The van der Waals surface area contributed by atoms with E-state index in [1.54, 1.807) is 18.4 Å². The summed E-state index contributed by atoms with van der Waals surface area (Å²) in [5.74, 6) is 0.0274. The van der Waals surface area contributed by atoms with Gasteiger partial charge in [0.05, 0.1) is 19.0 Å². The molecule has 0 saturated heterocycles. The summed E-state index contributed by atoms with van der Waals surface area (Å²) in [5, 5.41) is 10.3. The number of aliphatic hydroxyl groups excluding tert-OH is 1. The van der Waals surface area contributed by atoms with Gasteiger partial charge in [0, 0.05) is 24.7 Å². The number of rotatable bonds is 11. The topological polar surface area (TPSA) is 45.8 Å². The Morgan fingerprint density at radius 1 is 1.23 bits per heavy atom. The minimum absolute atomic E-state index is 0.158. The van der Waals surface area contributed by atoms with E-state index in [2.05, 4.69) is 13.8 Å². The maximum atomic E-state index is 13.9. The monoisotopic (exact) mass is 367 g/mol. The average Bonchev–Trinajstić information content (AvgIpc) is 3.08. The number of hydrogen-bond donors (Lipinski definition) is 1. The molecule has 2 rings (SSSR count). The fourth-order valence-electron chi connectivity index (χ4n) is 2.61. The summed E-state index contributed by atoms with van der Waals surface area (Å²) in [6, 6.07) is 7.17. The van der Waals surface area contributed by atoms with E-state index in [9.17, 15) is 13.9 Å². The summed E-state index contributed by atoms with van der Waals surface area (Å²) in [4.78, 5) is 1.97. The molecule has 1 N–H and O–H groups in total. The van der Waals surface area contributed by atoms with Crippen molar-refractivity contribution in [3.63, 3.8) is 0 Å². The highest BCUT2D eigenvalue weighted by Crippen LogP contribution is 2.14. The molecule has 1 unspecified atom stereocenters. The van der Waals surface area contributed by atoms with Gasteiger partial charge in [-0.15, -0.1) is 0 Å². The molecule has 6 heteroatoms. The molecule has 0 amide bonds. The number of benzene rings is 1. The van der Waals surface area contributed by atoms with Crippen molar-refractivity contribution in [3.8, 4) is 0 Å². The Hall–Kier alpha value is -1.76. The van der Waals surface area contributed by atoms with E-state index in [-0.39, 0.29) is 6.61 Å². The van der Waals surface area contributed by atoms with Crippen LogP contribution >= 0.6 is 0 Å². The second-order valence-corrected chi connectivity index (χ2v) is 6.90. The number of ether oxygens (including phenoxy) is 1. The van der Waals surface area contributed by atoms with Gasteiger partial charge in [-0.25, -0.2) is 8.78 Å². The van der Waals surface area contributed by atoms with Crippen LogP contribution in [0.2, 0.25) is 0 Å². The third kappa shape index (κ3) is 7.23. The zero-order valence-corrected chi connectivity index (χ0v) is 15.3. The summed E-state index contributed by atoms with van der Waals surface area (Å²) < 4.78 is 37.7. The first-order valence-electron chi connectivity index (χ1n) is 8.88. The second kappa shape index (κ2) is 10.4. The third-order valence-corrected chi connectivity index (χ3v) is 4.04. The lowest BCUT2D eigenvalue weighted by molar-refractivity contribution is 0.00311. The molecule has 2 aromatic rings. The molecule has 26 heavy (non-hydrogen) atoms. The molecule has 0 bridgehead atoms. The highest BCUT2D eigenvalue weighted by Gasteiger charge is 2.15. The lowest BCUT2D eigenvalue weighted by Gasteiger charge is -2.26. The van der Waals surface area contributed by atoms with E-state index in [1.807, 2.05) is 4.90 Å². The van der Waals surface area contributed by atoms with Crippen LogP contribution in [0.3, 0.4) is 0 Å². The van der Waals surface area contributed by atoms with E-state index >= 15 is 0 Å². The van der Waals surface area contributed by atoms with Crippen molar-refractivity contribution < 1.29 is 23.0 Å². The van der Waals surface area contributed by atoms with Crippen LogP contribution in [0.25, 0.3) is 0 Å². The van der Waals surface area contributed by atoms with Gasteiger partial charge in [0.15, 0.2) is 0 Å². The molecule has 144 valence electrons. The van der Waals surface area contributed by atoms with Crippen LogP contribution in [0.1, 0.15) is 31.6 Å². The summed E-state index contributed by atoms with van der Waals surface area (Å²) in [5.41, 5.74) is 0.416. The van der Waals surface area contributed by atoms with Crippen LogP contribution in [-0.4, -0.2) is 35.8 Å². The van der Waals surface area contributed by atoms with Crippen molar-refractivity contribution in [2.45, 2.75) is 39.5 Å². The molecule has 1 aromatic heterocycles. The molecule has 0 spiro atoms. The Kier molecular flexibility index (Phi) is 8.22. The number of nitrogens with zero attached hydrogens (tertiary/aromatic N) is 1. The summed E-state index contributed by atoms with van der Waals surface area (Å²) in [6.45, 7) is 6.05. The van der Waals surface area contributed by atoms with Gasteiger partial charge in [-0.3, -0.25) is 4.90 Å². The van der Waals surface area contributed by atoms with Crippen molar-refractivity contribution in [3.05, 3.63) is 59.6 Å². The summed E-state index contributed by atoms with van der Waals surface area (Å²) >= 11 is 0. The minimum Gasteiger partial charge on any atom is -0.467 e. The molecule has 0 fully saturated rings. The maximum Gasteiger partial charge on any atom is 0.130 e. The zero-order chi connectivity index (χ0) is 18.9. The van der Waals surface area contributed by atoms with Gasteiger partial charge in [0.25, 0.3) is 0 Å². The molecule has 0 saturated carbocycles. The third-order valence-electron chi connectivity index (χ3n) is 4.04. The largest absolute Gasteiger partial charge is 0.467 e. The van der Waals surface area contributed by atoms with E-state index in [4.69, 9.17) is 9.15 Å².